The van der Waals surface area contributed by atoms with Gasteiger partial charge in [0.15, 0.2) is 5.65 Å². The average Bonchev–Trinajstić information content (AvgIpc) is 3.63. The number of nitrogens with zero attached hydrogens (tertiary/aromatic N) is 6. The summed E-state index contributed by atoms with van der Waals surface area (Å²) in [5, 5.41) is 6.65. The van der Waals surface area contributed by atoms with Crippen LogP contribution in [-0.4, -0.2) is 64.0 Å². The smallest absolute Gasteiger partial charge is 0.329 e. The van der Waals surface area contributed by atoms with Gasteiger partial charge in [-0.2, -0.15) is 4.98 Å². The summed E-state index contributed by atoms with van der Waals surface area (Å²) >= 11 is 1.04. The van der Waals surface area contributed by atoms with E-state index in [9.17, 15) is 13.2 Å². The molecule has 0 saturated heterocycles. The van der Waals surface area contributed by atoms with Crippen molar-refractivity contribution in [2.45, 2.75) is 43.2 Å². The maximum atomic E-state index is 13.3. The molecule has 3 aromatic heterocycles. The number of carbonyl (C=O) groups is 1. The van der Waals surface area contributed by atoms with E-state index in [0.29, 0.717) is 28.4 Å². The van der Waals surface area contributed by atoms with Gasteiger partial charge in [0.2, 0.25) is 5.13 Å². The van der Waals surface area contributed by atoms with Crippen LogP contribution in [0.3, 0.4) is 0 Å². The molecule has 0 bridgehead atoms. The fourth-order valence-electron chi connectivity index (χ4n) is 4.49. The molecule has 14 heteroatoms. The quantitative estimate of drug-likeness (QED) is 0.360. The molecular weight excluding hydrogens is 516 g/mol. The van der Waals surface area contributed by atoms with Crippen LogP contribution < -0.4 is 20.3 Å². The topological polar surface area (TPSA) is 144 Å². The van der Waals surface area contributed by atoms with Crippen LogP contribution in [0.25, 0.3) is 11.0 Å². The fourth-order valence-corrected chi connectivity index (χ4v) is 6.33. The van der Waals surface area contributed by atoms with Crippen molar-refractivity contribution in [2.24, 2.45) is 0 Å². The van der Waals surface area contributed by atoms with Crippen molar-refractivity contribution in [3.63, 3.8) is 0 Å². The lowest BCUT2D eigenvalue weighted by Crippen LogP contribution is -2.38. The van der Waals surface area contributed by atoms with Crippen LogP contribution in [0.4, 0.5) is 15.7 Å². The van der Waals surface area contributed by atoms with Crippen molar-refractivity contribution in [1.29, 1.82) is 0 Å². The molecule has 4 aromatic rings. The second kappa shape index (κ2) is 9.94. The lowest BCUT2D eigenvalue weighted by Gasteiger charge is -2.26. The predicted octanol–water partition coefficient (Wildman–Crippen LogP) is 3.02. The number of ether oxygens (including phenoxy) is 1. The van der Waals surface area contributed by atoms with E-state index in [0.717, 1.165) is 29.9 Å². The minimum atomic E-state index is -3.81. The Morgan fingerprint density at radius 1 is 1.19 bits per heavy atom. The van der Waals surface area contributed by atoms with E-state index in [2.05, 4.69) is 30.0 Å². The summed E-state index contributed by atoms with van der Waals surface area (Å²) in [6, 6.07) is 8.36. The molecule has 2 N–H and O–H groups in total. The van der Waals surface area contributed by atoms with Crippen molar-refractivity contribution in [3.8, 4) is 6.01 Å². The Morgan fingerprint density at radius 2 is 1.97 bits per heavy atom. The second-order valence-electron chi connectivity index (χ2n) is 8.82. The molecule has 3 heterocycles. The van der Waals surface area contributed by atoms with E-state index < -0.39 is 10.0 Å². The van der Waals surface area contributed by atoms with Gasteiger partial charge in [-0.05, 0) is 44.4 Å². The fraction of sp³-hybridized carbons (Fsp3) is 0.348. The highest BCUT2D eigenvalue weighted by Crippen LogP contribution is 2.32. The number of benzene rings is 1. The summed E-state index contributed by atoms with van der Waals surface area (Å²) in [7, 11) is -0.424. The van der Waals surface area contributed by atoms with Gasteiger partial charge < -0.3 is 15.0 Å². The average molecular weight is 543 g/mol. The molecule has 1 aliphatic rings. The van der Waals surface area contributed by atoms with Crippen molar-refractivity contribution < 1.29 is 17.9 Å². The lowest BCUT2D eigenvalue weighted by atomic mass is 10.2. The molecule has 1 fully saturated rings. The molecule has 1 aliphatic carbocycles. The Balaban J connectivity index is 1.30. The Kier molecular flexibility index (Phi) is 6.69. The summed E-state index contributed by atoms with van der Waals surface area (Å²) in [5.74, 6) is 0.638. The minimum Gasteiger partial charge on any atom is -0.466 e. The van der Waals surface area contributed by atoms with Gasteiger partial charge in [0.1, 0.15) is 12.1 Å². The van der Waals surface area contributed by atoms with Crippen LogP contribution in [0.5, 0.6) is 6.01 Å². The number of hydrogen-bond acceptors (Lipinski definition) is 10. The van der Waals surface area contributed by atoms with E-state index in [-0.39, 0.29) is 29.0 Å². The first-order valence-electron chi connectivity index (χ1n) is 11.6. The largest absolute Gasteiger partial charge is 0.466 e. The predicted molar refractivity (Wildman–Crippen MR) is 140 cm³/mol. The normalized spacial score (nSPS) is 17.6. The molecule has 0 radical (unpaired) electrons. The molecule has 0 unspecified atom stereocenters. The van der Waals surface area contributed by atoms with Gasteiger partial charge in [0, 0.05) is 36.9 Å². The maximum Gasteiger partial charge on any atom is 0.329 e. The Bertz CT molecular complexity index is 1530. The zero-order chi connectivity index (χ0) is 26.2. The van der Waals surface area contributed by atoms with Gasteiger partial charge in [0.25, 0.3) is 10.0 Å². The van der Waals surface area contributed by atoms with Crippen molar-refractivity contribution in [2.75, 3.05) is 24.4 Å². The maximum absolute atomic E-state index is 13.3. The molecule has 5 rings (SSSR count). The SMILES string of the molecule is COc1nsc(NC(=O)N[C@@H]2CC[C@H](N(C)c3ncnc4c3ccn4S(=O)(=O)c3ccc(C)cc3)C2)n1. The van der Waals surface area contributed by atoms with Gasteiger partial charge in [0.05, 0.1) is 17.4 Å². The zero-order valence-corrected chi connectivity index (χ0v) is 22.1. The van der Waals surface area contributed by atoms with Gasteiger partial charge in [-0.1, -0.05) is 17.7 Å². The van der Waals surface area contributed by atoms with Crippen LogP contribution in [0, 0.1) is 6.92 Å². The van der Waals surface area contributed by atoms with Gasteiger partial charge in [-0.25, -0.2) is 27.2 Å². The molecule has 1 aromatic carbocycles. The van der Waals surface area contributed by atoms with Crippen molar-refractivity contribution >= 4 is 49.6 Å². The zero-order valence-electron chi connectivity index (χ0n) is 20.5. The second-order valence-corrected chi connectivity index (χ2v) is 11.4. The molecular formula is C23H26N8O4S2. The van der Waals surface area contributed by atoms with Crippen LogP contribution in [0.15, 0.2) is 47.8 Å². The number of fused-ring (bicyclic) bond motifs is 1. The number of aryl methyl sites for hydroxylation is 1. The van der Waals surface area contributed by atoms with Crippen LogP contribution in [-0.2, 0) is 10.0 Å². The van der Waals surface area contributed by atoms with E-state index in [1.54, 1.807) is 30.3 Å². The van der Waals surface area contributed by atoms with E-state index >= 15 is 0 Å². The third-order valence-electron chi connectivity index (χ3n) is 6.44. The van der Waals surface area contributed by atoms with Gasteiger partial charge in [-0.15, -0.1) is 4.37 Å². The van der Waals surface area contributed by atoms with E-state index in [1.165, 1.54) is 23.6 Å². The Morgan fingerprint density at radius 3 is 2.70 bits per heavy atom. The molecule has 37 heavy (non-hydrogen) atoms. The molecule has 1 saturated carbocycles. The molecule has 2 atom stereocenters. The number of urea groups is 1. The molecule has 194 valence electrons. The number of nitrogens with one attached hydrogen (secondary N) is 2. The number of hydrogen-bond donors (Lipinski definition) is 2. The van der Waals surface area contributed by atoms with Crippen molar-refractivity contribution in [1.82, 2.24) is 28.6 Å². The minimum absolute atomic E-state index is 0.0360. The monoisotopic (exact) mass is 542 g/mol. The highest BCUT2D eigenvalue weighted by molar-refractivity contribution is 7.90. The summed E-state index contributed by atoms with van der Waals surface area (Å²) in [6.07, 6.45) is 5.22. The summed E-state index contributed by atoms with van der Waals surface area (Å²) in [4.78, 5) is 27.4. The highest BCUT2D eigenvalue weighted by atomic mass is 32.2. The summed E-state index contributed by atoms with van der Waals surface area (Å²) in [6.45, 7) is 1.90. The number of carbonyl (C=O) groups excluding carboxylic acids is 1. The lowest BCUT2D eigenvalue weighted by molar-refractivity contribution is 0.248. The molecule has 12 nitrogen and oxygen atoms in total. The first-order valence-corrected chi connectivity index (χ1v) is 13.8. The standard InChI is InChI=1S/C23H26N8O4S2/c1-14-4-8-17(9-5-14)37(33,34)31-11-10-18-19(24-13-25-20(18)31)30(2)16-7-6-15(12-16)26-21(32)27-23-28-22(35-3)29-36-23/h4-5,8-11,13,15-16H,6-7,12H2,1-3H3,(H2,26,27,28,29,32)/t15-,16+/m1/s1. The third-order valence-corrected chi connectivity index (χ3v) is 8.73. The number of methoxy groups -OCH3 is 1. The Labute approximate surface area is 217 Å². The number of anilines is 2. The number of amides is 2. The van der Waals surface area contributed by atoms with Gasteiger partial charge in [-0.3, -0.25) is 5.32 Å². The number of aromatic nitrogens is 5. The van der Waals surface area contributed by atoms with Crippen LogP contribution in [0.2, 0.25) is 0 Å². The van der Waals surface area contributed by atoms with Gasteiger partial charge >= 0.3 is 12.0 Å². The Hall–Kier alpha value is -3.78. The first-order chi connectivity index (χ1) is 17.8. The van der Waals surface area contributed by atoms with Crippen molar-refractivity contribution in [3.05, 3.63) is 48.4 Å². The van der Waals surface area contributed by atoms with Crippen LogP contribution >= 0.6 is 11.5 Å². The summed E-state index contributed by atoms with van der Waals surface area (Å²) < 4.78 is 36.6. The summed E-state index contributed by atoms with van der Waals surface area (Å²) in [5.41, 5.74) is 1.29. The first kappa shape index (κ1) is 24.9. The third kappa shape index (κ3) is 4.93. The van der Waals surface area contributed by atoms with Crippen LogP contribution in [0.1, 0.15) is 24.8 Å². The van der Waals surface area contributed by atoms with E-state index in [1.807, 2.05) is 18.9 Å². The molecule has 2 amide bonds. The number of rotatable bonds is 7. The van der Waals surface area contributed by atoms with E-state index in [4.69, 9.17) is 4.74 Å². The highest BCUT2D eigenvalue weighted by Gasteiger charge is 2.31. The molecule has 0 spiro atoms. The molecule has 0 aliphatic heterocycles.